The highest BCUT2D eigenvalue weighted by Gasteiger charge is 2.54. The third kappa shape index (κ3) is 5.39. The second-order valence-corrected chi connectivity index (χ2v) is 13.3. The van der Waals surface area contributed by atoms with Crippen LogP contribution in [-0.4, -0.2) is 80.8 Å². The van der Waals surface area contributed by atoms with Crippen LogP contribution in [0, 0.1) is 5.41 Å². The average Bonchev–Trinajstić information content (AvgIpc) is 3.63. The number of methoxy groups -OCH3 is 2. The van der Waals surface area contributed by atoms with Crippen molar-refractivity contribution in [2.24, 2.45) is 5.41 Å². The molecule has 1 aliphatic carbocycles. The molecule has 2 amide bonds. The highest BCUT2D eigenvalue weighted by Crippen LogP contribution is 2.55. The number of nitrogens with zero attached hydrogens (tertiary/aromatic N) is 2. The third-order valence-electron chi connectivity index (χ3n) is 10.3. The van der Waals surface area contributed by atoms with Gasteiger partial charge in [0, 0.05) is 50.4 Å². The zero-order valence-corrected chi connectivity index (χ0v) is 26.8. The van der Waals surface area contributed by atoms with Crippen molar-refractivity contribution in [1.82, 2.24) is 9.80 Å². The molecular formula is C37H40N4O6. The van der Waals surface area contributed by atoms with Gasteiger partial charge in [-0.2, -0.15) is 0 Å². The van der Waals surface area contributed by atoms with Gasteiger partial charge < -0.3 is 39.4 Å². The molecule has 2 fully saturated rings. The molecule has 4 heterocycles. The van der Waals surface area contributed by atoms with E-state index in [4.69, 9.17) is 18.9 Å². The predicted octanol–water partition coefficient (Wildman–Crippen LogP) is 5.65. The molecule has 3 aromatic carbocycles. The molecule has 2 N–H and O–H groups in total. The number of carbonyl (C=O) groups excluding carboxylic acids is 2. The first kappa shape index (κ1) is 29.5. The maximum Gasteiger partial charge on any atom is 0.260 e. The van der Waals surface area contributed by atoms with Crippen molar-refractivity contribution in [1.29, 1.82) is 0 Å². The summed E-state index contributed by atoms with van der Waals surface area (Å²) in [6, 6.07) is 17.7. The summed E-state index contributed by atoms with van der Waals surface area (Å²) in [4.78, 5) is 31.0. The Labute approximate surface area is 274 Å². The van der Waals surface area contributed by atoms with Crippen LogP contribution in [0.3, 0.4) is 0 Å². The monoisotopic (exact) mass is 636 g/mol. The molecular weight excluding hydrogens is 596 g/mol. The third-order valence-corrected chi connectivity index (χ3v) is 10.3. The van der Waals surface area contributed by atoms with E-state index in [1.807, 2.05) is 46.3 Å². The lowest BCUT2D eigenvalue weighted by atomic mass is 10.0. The van der Waals surface area contributed by atoms with Crippen LogP contribution in [0.15, 0.2) is 60.8 Å². The Hall–Kier alpha value is -4.86. The van der Waals surface area contributed by atoms with Gasteiger partial charge in [0.1, 0.15) is 0 Å². The van der Waals surface area contributed by atoms with E-state index >= 15 is 0 Å². The fourth-order valence-electron chi connectivity index (χ4n) is 7.53. The first-order valence-electron chi connectivity index (χ1n) is 16.5. The Morgan fingerprint density at radius 3 is 2.02 bits per heavy atom. The van der Waals surface area contributed by atoms with Gasteiger partial charge >= 0.3 is 0 Å². The molecule has 5 aliphatic rings. The Morgan fingerprint density at radius 1 is 0.787 bits per heavy atom. The minimum Gasteiger partial charge on any atom is -0.493 e. The highest BCUT2D eigenvalue weighted by molar-refractivity contribution is 6.03. The largest absolute Gasteiger partial charge is 0.493 e. The standard InChI is InChI=1S/C37H40N4O6/c1-44-31-14-27-29(38-19-25-13-24(21-40(25)35(27)42)23-7-4-3-5-8-23)16-33(31)46-11-6-12-47-34-17-30-28(15-32(34)45-2)36(43)41-22-37(9-10-37)18-26(41)20-39-30/h3-5,7-8,14-17,21,25-26,38-39H,6,9-13,18-20,22H2,1-2H3/t25-,26-/m0/s1. The van der Waals surface area contributed by atoms with Crippen molar-refractivity contribution in [3.8, 4) is 23.0 Å². The maximum absolute atomic E-state index is 13.7. The van der Waals surface area contributed by atoms with Crippen molar-refractivity contribution < 1.29 is 28.5 Å². The number of nitrogens with one attached hydrogen (secondary N) is 2. The van der Waals surface area contributed by atoms with Gasteiger partial charge in [-0.25, -0.2) is 0 Å². The van der Waals surface area contributed by atoms with Crippen LogP contribution in [0.1, 0.15) is 58.4 Å². The van der Waals surface area contributed by atoms with Crippen LogP contribution in [0.4, 0.5) is 11.4 Å². The van der Waals surface area contributed by atoms with Crippen molar-refractivity contribution in [2.45, 2.75) is 44.2 Å². The first-order chi connectivity index (χ1) is 22.9. The van der Waals surface area contributed by atoms with Gasteiger partial charge in [0.2, 0.25) is 0 Å². The topological polar surface area (TPSA) is 102 Å². The molecule has 1 saturated carbocycles. The fourth-order valence-corrected chi connectivity index (χ4v) is 7.53. The number of rotatable bonds is 9. The van der Waals surface area contributed by atoms with Gasteiger partial charge in [-0.3, -0.25) is 9.59 Å². The predicted molar refractivity (Wildman–Crippen MR) is 179 cm³/mol. The molecule has 4 aliphatic heterocycles. The normalized spacial score (nSPS) is 21.7. The molecule has 8 rings (SSSR count). The fraction of sp³-hybridized carbons (Fsp3) is 0.405. The van der Waals surface area contributed by atoms with E-state index in [1.165, 1.54) is 12.8 Å². The summed E-state index contributed by atoms with van der Waals surface area (Å²) >= 11 is 0. The number of anilines is 2. The summed E-state index contributed by atoms with van der Waals surface area (Å²) in [5.41, 5.74) is 5.35. The minimum absolute atomic E-state index is 0.0305. The van der Waals surface area contributed by atoms with E-state index in [9.17, 15) is 9.59 Å². The van der Waals surface area contributed by atoms with Crippen molar-refractivity contribution in [3.05, 3.63) is 77.5 Å². The molecule has 0 aromatic heterocycles. The number of hydrogen-bond donors (Lipinski definition) is 2. The summed E-state index contributed by atoms with van der Waals surface area (Å²) in [5, 5.41) is 6.98. The molecule has 1 saturated heterocycles. The summed E-state index contributed by atoms with van der Waals surface area (Å²) in [6.45, 7) is 2.99. The molecule has 0 radical (unpaired) electrons. The smallest absolute Gasteiger partial charge is 0.260 e. The SMILES string of the molecule is COc1cc2c(cc1OCCCOc1cc3c(cc1OC)C(=O)N1CC4(CC4)C[C@H]1CN3)NC[C@@H]1CC(c3ccccc3)=CN1C2=O. The Balaban J connectivity index is 0.908. The second kappa shape index (κ2) is 11.7. The first-order valence-corrected chi connectivity index (χ1v) is 16.5. The Kier molecular flexibility index (Phi) is 7.38. The summed E-state index contributed by atoms with van der Waals surface area (Å²) in [5.74, 6) is 2.19. The minimum atomic E-state index is -0.0581. The summed E-state index contributed by atoms with van der Waals surface area (Å²) in [6.07, 6.45) is 6.90. The molecule has 3 aromatic rings. The van der Waals surface area contributed by atoms with Crippen LogP contribution in [-0.2, 0) is 0 Å². The van der Waals surface area contributed by atoms with Gasteiger partial charge in [0.05, 0.1) is 56.0 Å². The number of ether oxygens (including phenoxy) is 4. The van der Waals surface area contributed by atoms with E-state index in [2.05, 4.69) is 22.8 Å². The Morgan fingerprint density at radius 2 is 1.40 bits per heavy atom. The quantitative estimate of drug-likeness (QED) is 0.291. The Bertz CT molecular complexity index is 1750. The maximum atomic E-state index is 13.7. The molecule has 0 bridgehead atoms. The van der Waals surface area contributed by atoms with Crippen molar-refractivity contribution in [3.63, 3.8) is 0 Å². The molecule has 0 unspecified atom stereocenters. The van der Waals surface area contributed by atoms with Gasteiger partial charge in [-0.1, -0.05) is 30.3 Å². The zero-order valence-electron chi connectivity index (χ0n) is 26.8. The van der Waals surface area contributed by atoms with Crippen LogP contribution in [0.25, 0.3) is 5.57 Å². The highest BCUT2D eigenvalue weighted by atomic mass is 16.5. The number of benzene rings is 3. The van der Waals surface area contributed by atoms with Crippen molar-refractivity contribution in [2.75, 3.05) is 57.7 Å². The van der Waals surface area contributed by atoms with Gasteiger partial charge in [-0.15, -0.1) is 0 Å². The van der Waals surface area contributed by atoms with Crippen LogP contribution in [0.2, 0.25) is 0 Å². The molecule has 244 valence electrons. The second-order valence-electron chi connectivity index (χ2n) is 13.3. The van der Waals surface area contributed by atoms with Crippen LogP contribution in [0.5, 0.6) is 23.0 Å². The number of amides is 2. The molecule has 47 heavy (non-hydrogen) atoms. The van der Waals surface area contributed by atoms with Gasteiger partial charge in [-0.05, 0) is 54.4 Å². The molecule has 10 nitrogen and oxygen atoms in total. The van der Waals surface area contributed by atoms with Gasteiger partial charge in [0.15, 0.2) is 23.0 Å². The number of fused-ring (bicyclic) bond motifs is 4. The van der Waals surface area contributed by atoms with E-state index < -0.39 is 0 Å². The molecule has 1 spiro atoms. The average molecular weight is 637 g/mol. The molecule has 2 atom stereocenters. The van der Waals surface area contributed by atoms with E-state index in [0.717, 1.165) is 48.4 Å². The van der Waals surface area contributed by atoms with E-state index in [1.54, 1.807) is 26.4 Å². The summed E-state index contributed by atoms with van der Waals surface area (Å²) < 4.78 is 23.6. The van der Waals surface area contributed by atoms with Crippen molar-refractivity contribution >= 4 is 28.8 Å². The van der Waals surface area contributed by atoms with Crippen LogP contribution >= 0.6 is 0 Å². The lowest BCUT2D eigenvalue weighted by Crippen LogP contribution is -2.37. The molecule has 10 heteroatoms. The van der Waals surface area contributed by atoms with Gasteiger partial charge in [0.25, 0.3) is 11.8 Å². The lowest BCUT2D eigenvalue weighted by Gasteiger charge is -2.21. The van der Waals surface area contributed by atoms with E-state index in [-0.39, 0.29) is 23.9 Å². The van der Waals surface area contributed by atoms with E-state index in [0.29, 0.717) is 65.7 Å². The number of carbonyl (C=O) groups is 2. The lowest BCUT2D eigenvalue weighted by molar-refractivity contribution is 0.0743. The zero-order chi connectivity index (χ0) is 32.1. The summed E-state index contributed by atoms with van der Waals surface area (Å²) in [7, 11) is 3.17. The van der Waals surface area contributed by atoms with Crippen LogP contribution < -0.4 is 29.6 Å². The number of hydrogen-bond acceptors (Lipinski definition) is 8.